The Morgan fingerprint density at radius 2 is 2.00 bits per heavy atom. The summed E-state index contributed by atoms with van der Waals surface area (Å²) in [6.07, 6.45) is 0. The number of nitro groups is 1. The van der Waals surface area contributed by atoms with E-state index < -0.39 is 16.2 Å². The van der Waals surface area contributed by atoms with Crippen LogP contribution in [0.2, 0.25) is 5.15 Å². The van der Waals surface area contributed by atoms with Crippen LogP contribution in [0.5, 0.6) is 0 Å². The molecule has 0 amide bonds. The van der Waals surface area contributed by atoms with Crippen LogP contribution in [0, 0.1) is 10.1 Å². The maximum absolute atomic E-state index is 12.4. The van der Waals surface area contributed by atoms with Gasteiger partial charge in [0.1, 0.15) is 5.15 Å². The number of nitrogens with zero attached hydrogens (tertiary/aromatic N) is 2. The smallest absolute Gasteiger partial charge is 0.297 e. The van der Waals surface area contributed by atoms with Gasteiger partial charge in [-0.25, -0.2) is 9.36 Å². The Balaban J connectivity index is 2.79. The fraction of sp³-hybridized carbons (Fsp3) is 0.231. The first-order valence-electron chi connectivity index (χ1n) is 6.12. The summed E-state index contributed by atoms with van der Waals surface area (Å²) in [5.41, 5.74) is -1.16. The number of aromatic nitrogens is 2. The molecule has 0 saturated heterocycles. The highest BCUT2D eigenvalue weighted by Gasteiger charge is 2.17. The van der Waals surface area contributed by atoms with Gasteiger partial charge >= 0.3 is 5.69 Å². The first-order chi connectivity index (χ1) is 9.82. The first kappa shape index (κ1) is 15.0. The van der Waals surface area contributed by atoms with Crippen molar-refractivity contribution in [2.45, 2.75) is 19.8 Å². The quantitative estimate of drug-likeness (QED) is 0.534. The van der Waals surface area contributed by atoms with Crippen molar-refractivity contribution in [3.05, 3.63) is 65.9 Å². The van der Waals surface area contributed by atoms with Gasteiger partial charge < -0.3 is 0 Å². The zero-order valence-electron chi connectivity index (χ0n) is 11.3. The van der Waals surface area contributed by atoms with Crippen molar-refractivity contribution in [3.8, 4) is 5.69 Å². The molecule has 1 aromatic heterocycles. The molecule has 8 heteroatoms. The molecule has 2 aromatic rings. The summed E-state index contributed by atoms with van der Waals surface area (Å²) in [4.78, 5) is 37.0. The minimum atomic E-state index is -0.741. The highest BCUT2D eigenvalue weighted by molar-refractivity contribution is 6.30. The zero-order valence-corrected chi connectivity index (χ0v) is 12.0. The highest BCUT2D eigenvalue weighted by atomic mass is 35.5. The topological polar surface area (TPSA) is 98.0 Å². The van der Waals surface area contributed by atoms with Gasteiger partial charge in [-0.1, -0.05) is 31.5 Å². The number of hydrogen-bond donors (Lipinski definition) is 1. The fourth-order valence-corrected chi connectivity index (χ4v) is 2.38. The van der Waals surface area contributed by atoms with Crippen LogP contribution >= 0.6 is 11.6 Å². The van der Waals surface area contributed by atoms with Gasteiger partial charge in [-0.2, -0.15) is 0 Å². The van der Waals surface area contributed by atoms with E-state index in [2.05, 4.69) is 4.98 Å². The van der Waals surface area contributed by atoms with Crippen molar-refractivity contribution in [2.24, 2.45) is 0 Å². The first-order valence-corrected chi connectivity index (χ1v) is 6.50. The molecule has 110 valence electrons. The third kappa shape index (κ3) is 2.73. The molecule has 0 aliphatic rings. The Morgan fingerprint density at radius 3 is 2.57 bits per heavy atom. The Hall–Kier alpha value is -2.41. The molecule has 0 radical (unpaired) electrons. The number of hydrogen-bond acceptors (Lipinski definition) is 4. The average molecular weight is 310 g/mol. The molecular formula is C13H12ClN3O4. The SMILES string of the molecule is CC(C)c1c(Cl)[nH]c(=O)n(-c2cccc([N+](=O)[O-])c2)c1=O. The Labute approximate surface area is 124 Å². The lowest BCUT2D eigenvalue weighted by Gasteiger charge is -2.11. The number of aromatic amines is 1. The predicted octanol–water partition coefficient (Wildman–Crippen LogP) is 2.21. The number of non-ortho nitro benzene ring substituents is 1. The van der Waals surface area contributed by atoms with Gasteiger partial charge in [0.25, 0.3) is 11.2 Å². The van der Waals surface area contributed by atoms with E-state index >= 15 is 0 Å². The van der Waals surface area contributed by atoms with Crippen LogP contribution in [0.4, 0.5) is 5.69 Å². The zero-order chi connectivity index (χ0) is 15.7. The molecule has 1 heterocycles. The van der Waals surface area contributed by atoms with Crippen LogP contribution in [0.3, 0.4) is 0 Å². The number of rotatable bonds is 3. The molecule has 0 atom stereocenters. The number of benzene rings is 1. The summed E-state index contributed by atoms with van der Waals surface area (Å²) >= 11 is 5.89. The van der Waals surface area contributed by atoms with Crippen LogP contribution < -0.4 is 11.2 Å². The maximum Gasteiger partial charge on any atom is 0.334 e. The summed E-state index contributed by atoms with van der Waals surface area (Å²) in [5.74, 6) is -0.202. The predicted molar refractivity (Wildman–Crippen MR) is 78.4 cm³/mol. The molecule has 0 unspecified atom stereocenters. The van der Waals surface area contributed by atoms with E-state index in [9.17, 15) is 19.7 Å². The maximum atomic E-state index is 12.4. The lowest BCUT2D eigenvalue weighted by Crippen LogP contribution is -2.36. The molecule has 0 aliphatic carbocycles. The van der Waals surface area contributed by atoms with Crippen LogP contribution in [-0.4, -0.2) is 14.5 Å². The van der Waals surface area contributed by atoms with Gasteiger partial charge in [-0.15, -0.1) is 0 Å². The minimum Gasteiger partial charge on any atom is -0.297 e. The third-order valence-corrected chi connectivity index (χ3v) is 3.26. The van der Waals surface area contributed by atoms with E-state index in [1.807, 2.05) is 0 Å². The van der Waals surface area contributed by atoms with Gasteiger partial charge in [0.15, 0.2) is 0 Å². The Morgan fingerprint density at radius 1 is 1.33 bits per heavy atom. The van der Waals surface area contributed by atoms with Gasteiger partial charge in [0.2, 0.25) is 0 Å². The monoisotopic (exact) mass is 309 g/mol. The lowest BCUT2D eigenvalue weighted by atomic mass is 10.1. The molecule has 1 aromatic carbocycles. The molecule has 0 bridgehead atoms. The standard InChI is InChI=1S/C13H12ClN3O4/c1-7(2)10-11(14)15-13(19)16(12(10)18)8-4-3-5-9(6-8)17(20)21/h3-7H,1-2H3,(H,15,19). The largest absolute Gasteiger partial charge is 0.334 e. The second-order valence-electron chi connectivity index (χ2n) is 4.73. The number of halogens is 1. The van der Waals surface area contributed by atoms with E-state index in [1.54, 1.807) is 13.8 Å². The molecule has 21 heavy (non-hydrogen) atoms. The Bertz CT molecular complexity index is 823. The normalized spacial score (nSPS) is 10.9. The van der Waals surface area contributed by atoms with E-state index in [-0.39, 0.29) is 28.0 Å². The fourth-order valence-electron chi connectivity index (χ4n) is 2.00. The molecule has 0 aliphatic heterocycles. The number of nitro benzene ring substituents is 1. The van der Waals surface area contributed by atoms with Crippen molar-refractivity contribution in [1.82, 2.24) is 9.55 Å². The summed E-state index contributed by atoms with van der Waals surface area (Å²) < 4.78 is 0.841. The third-order valence-electron chi connectivity index (χ3n) is 2.97. The molecule has 0 fully saturated rings. The van der Waals surface area contributed by atoms with E-state index in [4.69, 9.17) is 11.6 Å². The summed E-state index contributed by atoms with van der Waals surface area (Å²) in [7, 11) is 0. The van der Waals surface area contributed by atoms with Gasteiger partial charge in [-0.3, -0.25) is 19.9 Å². The van der Waals surface area contributed by atoms with Crippen molar-refractivity contribution in [2.75, 3.05) is 0 Å². The summed E-state index contributed by atoms with van der Waals surface area (Å²) in [6, 6.07) is 5.29. The Kier molecular flexibility index (Phi) is 3.95. The van der Waals surface area contributed by atoms with Crippen LogP contribution in [0.15, 0.2) is 33.9 Å². The van der Waals surface area contributed by atoms with Gasteiger partial charge in [0, 0.05) is 12.1 Å². The number of nitrogens with one attached hydrogen (secondary N) is 1. The van der Waals surface area contributed by atoms with Crippen molar-refractivity contribution >= 4 is 17.3 Å². The second-order valence-corrected chi connectivity index (χ2v) is 5.11. The average Bonchev–Trinajstić information content (AvgIpc) is 2.37. The molecule has 0 saturated carbocycles. The number of H-pyrrole nitrogens is 1. The summed E-state index contributed by atoms with van der Waals surface area (Å²) in [6.45, 7) is 3.53. The minimum absolute atomic E-state index is 0.0123. The van der Waals surface area contributed by atoms with Crippen LogP contribution in [0.25, 0.3) is 5.69 Å². The highest BCUT2D eigenvalue weighted by Crippen LogP contribution is 2.19. The molecular weight excluding hydrogens is 298 g/mol. The van der Waals surface area contributed by atoms with Crippen molar-refractivity contribution in [1.29, 1.82) is 0 Å². The van der Waals surface area contributed by atoms with E-state index in [1.165, 1.54) is 18.2 Å². The molecule has 2 rings (SSSR count). The molecule has 7 nitrogen and oxygen atoms in total. The molecule has 0 spiro atoms. The van der Waals surface area contributed by atoms with Gasteiger partial charge in [-0.05, 0) is 12.0 Å². The van der Waals surface area contributed by atoms with Crippen molar-refractivity contribution in [3.63, 3.8) is 0 Å². The van der Waals surface area contributed by atoms with Crippen LogP contribution in [-0.2, 0) is 0 Å². The van der Waals surface area contributed by atoms with Gasteiger partial charge in [0.05, 0.1) is 16.2 Å². The van der Waals surface area contributed by atoms with Crippen LogP contribution in [0.1, 0.15) is 25.3 Å². The van der Waals surface area contributed by atoms with E-state index in [0.29, 0.717) is 0 Å². The lowest BCUT2D eigenvalue weighted by molar-refractivity contribution is -0.384. The van der Waals surface area contributed by atoms with E-state index in [0.717, 1.165) is 10.6 Å². The summed E-state index contributed by atoms with van der Waals surface area (Å²) in [5, 5.41) is 10.8. The second kappa shape index (κ2) is 5.53. The molecule has 1 N–H and O–H groups in total. The van der Waals surface area contributed by atoms with Crippen molar-refractivity contribution < 1.29 is 4.92 Å².